The van der Waals surface area contributed by atoms with Gasteiger partial charge in [-0.05, 0) is 75.7 Å². The number of allylic oxidation sites excluding steroid dienone is 2. The minimum Gasteiger partial charge on any atom is -0.340 e. The van der Waals surface area contributed by atoms with Crippen molar-refractivity contribution >= 4 is 11.7 Å². The summed E-state index contributed by atoms with van der Waals surface area (Å²) in [5, 5.41) is 0. The Bertz CT molecular complexity index is 523. The van der Waals surface area contributed by atoms with Crippen LogP contribution in [0.1, 0.15) is 123 Å². The molecule has 1 unspecified atom stereocenters. The van der Waals surface area contributed by atoms with Gasteiger partial charge in [0.05, 0.1) is 0 Å². The van der Waals surface area contributed by atoms with Gasteiger partial charge in [0.2, 0.25) is 5.91 Å². The minimum atomic E-state index is 0.287. The molecule has 172 valence electrons. The summed E-state index contributed by atoms with van der Waals surface area (Å²) in [5.41, 5.74) is 0. The van der Waals surface area contributed by atoms with E-state index < -0.39 is 0 Å². The molecule has 2 atom stereocenters. The highest BCUT2D eigenvalue weighted by Crippen LogP contribution is 2.32. The number of carbonyl (C=O) groups is 2. The van der Waals surface area contributed by atoms with Crippen LogP contribution in [0.3, 0.4) is 0 Å². The second kappa shape index (κ2) is 14.8. The SMILES string of the molecule is CCCCCC(C)CC[C@H]1CCCC(=O)N1CCCCCCC(=O)/C=C/CC1CC1. The topological polar surface area (TPSA) is 37.4 Å². The standard InChI is InChI=1S/C27H47NO2/c1-3-4-7-12-23(2)18-21-25-14-11-17-27(30)28(25)22-9-6-5-8-15-26(29)16-10-13-24-19-20-24/h10,16,23-25H,3-9,11-15,17-22H2,1-2H3/b16-10+/t23?,25-/m1/s1. The maximum atomic E-state index is 12.5. The lowest BCUT2D eigenvalue weighted by atomic mass is 9.91. The predicted molar refractivity (Wildman–Crippen MR) is 126 cm³/mol. The maximum Gasteiger partial charge on any atom is 0.222 e. The zero-order valence-electron chi connectivity index (χ0n) is 19.9. The second-order valence-electron chi connectivity index (χ2n) is 10.0. The fourth-order valence-electron chi connectivity index (χ4n) is 4.73. The normalized spacial score (nSPS) is 20.8. The summed E-state index contributed by atoms with van der Waals surface area (Å²) >= 11 is 0. The van der Waals surface area contributed by atoms with Crippen molar-refractivity contribution in [1.82, 2.24) is 4.90 Å². The fourth-order valence-corrected chi connectivity index (χ4v) is 4.73. The van der Waals surface area contributed by atoms with Gasteiger partial charge >= 0.3 is 0 Å². The van der Waals surface area contributed by atoms with Crippen LogP contribution in [0.5, 0.6) is 0 Å². The summed E-state index contributed by atoms with van der Waals surface area (Å²) in [6.07, 6.45) is 23.4. The largest absolute Gasteiger partial charge is 0.340 e. The maximum absolute atomic E-state index is 12.5. The number of hydrogen-bond donors (Lipinski definition) is 0. The molecule has 1 saturated heterocycles. The van der Waals surface area contributed by atoms with Crippen LogP contribution in [-0.2, 0) is 9.59 Å². The zero-order valence-corrected chi connectivity index (χ0v) is 19.9. The Balaban J connectivity index is 1.57. The van der Waals surface area contributed by atoms with Crippen molar-refractivity contribution in [3.63, 3.8) is 0 Å². The molecular weight excluding hydrogens is 370 g/mol. The summed E-state index contributed by atoms with van der Waals surface area (Å²) < 4.78 is 0. The molecule has 2 rings (SSSR count). The second-order valence-corrected chi connectivity index (χ2v) is 10.0. The Hall–Kier alpha value is -1.12. The van der Waals surface area contributed by atoms with Gasteiger partial charge in [-0.1, -0.05) is 58.4 Å². The van der Waals surface area contributed by atoms with E-state index in [4.69, 9.17) is 0 Å². The van der Waals surface area contributed by atoms with Gasteiger partial charge in [-0.15, -0.1) is 0 Å². The molecular formula is C27H47NO2. The Kier molecular flexibility index (Phi) is 12.4. The lowest BCUT2D eigenvalue weighted by Crippen LogP contribution is -2.44. The summed E-state index contributed by atoms with van der Waals surface area (Å²) in [5.74, 6) is 2.31. The molecule has 2 fully saturated rings. The smallest absolute Gasteiger partial charge is 0.222 e. The highest BCUT2D eigenvalue weighted by molar-refractivity contribution is 5.89. The third-order valence-corrected chi connectivity index (χ3v) is 7.02. The number of rotatable bonds is 17. The minimum absolute atomic E-state index is 0.287. The van der Waals surface area contributed by atoms with Crippen LogP contribution < -0.4 is 0 Å². The van der Waals surface area contributed by atoms with Crippen molar-refractivity contribution < 1.29 is 9.59 Å². The first-order valence-corrected chi connectivity index (χ1v) is 13.1. The molecule has 30 heavy (non-hydrogen) atoms. The predicted octanol–water partition coefficient (Wildman–Crippen LogP) is 7.24. The van der Waals surface area contributed by atoms with Crippen LogP contribution in [-0.4, -0.2) is 29.2 Å². The average molecular weight is 418 g/mol. The van der Waals surface area contributed by atoms with Crippen LogP contribution >= 0.6 is 0 Å². The summed E-state index contributed by atoms with van der Waals surface area (Å²) in [6.45, 7) is 5.57. The molecule has 0 aromatic rings. The van der Waals surface area contributed by atoms with E-state index in [9.17, 15) is 9.59 Å². The van der Waals surface area contributed by atoms with Gasteiger partial charge in [0.1, 0.15) is 0 Å². The molecule has 2 aliphatic rings. The van der Waals surface area contributed by atoms with Crippen LogP contribution in [0.4, 0.5) is 0 Å². The summed E-state index contributed by atoms with van der Waals surface area (Å²) in [4.78, 5) is 26.6. The Morgan fingerprint density at radius 1 is 1.07 bits per heavy atom. The van der Waals surface area contributed by atoms with Crippen molar-refractivity contribution in [2.75, 3.05) is 6.54 Å². The van der Waals surface area contributed by atoms with E-state index >= 15 is 0 Å². The molecule has 1 aliphatic carbocycles. The number of unbranched alkanes of at least 4 members (excludes halogenated alkanes) is 5. The molecule has 0 spiro atoms. The number of nitrogens with zero attached hydrogens (tertiary/aromatic N) is 1. The Morgan fingerprint density at radius 2 is 1.87 bits per heavy atom. The van der Waals surface area contributed by atoms with E-state index in [-0.39, 0.29) is 5.78 Å². The van der Waals surface area contributed by atoms with E-state index in [0.29, 0.717) is 18.4 Å². The third-order valence-electron chi connectivity index (χ3n) is 7.02. The summed E-state index contributed by atoms with van der Waals surface area (Å²) in [6, 6.07) is 0.470. The first-order valence-electron chi connectivity index (χ1n) is 13.1. The van der Waals surface area contributed by atoms with Gasteiger partial charge in [-0.2, -0.15) is 0 Å². The molecule has 0 aromatic carbocycles. The lowest BCUT2D eigenvalue weighted by Gasteiger charge is -2.36. The van der Waals surface area contributed by atoms with Gasteiger partial charge in [-0.25, -0.2) is 0 Å². The molecule has 3 nitrogen and oxygen atoms in total. The number of hydrogen-bond acceptors (Lipinski definition) is 2. The number of piperidine rings is 1. The molecule has 1 aliphatic heterocycles. The molecule has 0 bridgehead atoms. The molecule has 0 radical (unpaired) electrons. The Labute approximate surface area is 186 Å². The Morgan fingerprint density at radius 3 is 2.63 bits per heavy atom. The van der Waals surface area contributed by atoms with E-state index in [1.54, 1.807) is 6.08 Å². The van der Waals surface area contributed by atoms with Gasteiger partial charge in [0.25, 0.3) is 0 Å². The number of amides is 1. The monoisotopic (exact) mass is 417 g/mol. The number of likely N-dealkylation sites (tertiary alicyclic amines) is 1. The van der Waals surface area contributed by atoms with Gasteiger partial charge < -0.3 is 4.90 Å². The van der Waals surface area contributed by atoms with Crippen molar-refractivity contribution in [3.05, 3.63) is 12.2 Å². The first kappa shape index (κ1) is 25.1. The van der Waals surface area contributed by atoms with Crippen molar-refractivity contribution in [3.8, 4) is 0 Å². The zero-order chi connectivity index (χ0) is 21.6. The van der Waals surface area contributed by atoms with Crippen LogP contribution in [0.15, 0.2) is 12.2 Å². The number of carbonyl (C=O) groups excluding carboxylic acids is 2. The van der Waals surface area contributed by atoms with E-state index in [1.165, 1.54) is 57.8 Å². The lowest BCUT2D eigenvalue weighted by molar-refractivity contribution is -0.136. The van der Waals surface area contributed by atoms with Crippen LogP contribution in [0, 0.1) is 11.8 Å². The van der Waals surface area contributed by atoms with E-state index in [0.717, 1.165) is 63.3 Å². The highest BCUT2D eigenvalue weighted by atomic mass is 16.2. The first-order chi connectivity index (χ1) is 14.6. The van der Waals surface area contributed by atoms with Crippen molar-refractivity contribution in [2.24, 2.45) is 11.8 Å². The van der Waals surface area contributed by atoms with Crippen molar-refractivity contribution in [2.45, 2.75) is 129 Å². The van der Waals surface area contributed by atoms with Gasteiger partial charge in [0, 0.05) is 25.4 Å². The van der Waals surface area contributed by atoms with E-state index in [2.05, 4.69) is 24.8 Å². The molecule has 1 amide bonds. The van der Waals surface area contributed by atoms with Gasteiger partial charge in [0.15, 0.2) is 5.78 Å². The number of ketones is 1. The quantitative estimate of drug-likeness (QED) is 0.185. The molecule has 3 heteroatoms. The molecule has 1 saturated carbocycles. The molecule has 0 aromatic heterocycles. The molecule has 1 heterocycles. The van der Waals surface area contributed by atoms with Crippen LogP contribution in [0.2, 0.25) is 0 Å². The average Bonchev–Trinajstić information content (AvgIpc) is 3.55. The fraction of sp³-hybridized carbons (Fsp3) is 0.852. The highest BCUT2D eigenvalue weighted by Gasteiger charge is 2.27. The van der Waals surface area contributed by atoms with Crippen molar-refractivity contribution in [1.29, 1.82) is 0 Å². The van der Waals surface area contributed by atoms with Gasteiger partial charge in [-0.3, -0.25) is 9.59 Å². The molecule has 0 N–H and O–H groups in total. The van der Waals surface area contributed by atoms with E-state index in [1.807, 2.05) is 0 Å². The summed E-state index contributed by atoms with van der Waals surface area (Å²) in [7, 11) is 0. The third kappa shape index (κ3) is 10.8. The van der Waals surface area contributed by atoms with Crippen LogP contribution in [0.25, 0.3) is 0 Å².